The highest BCUT2D eigenvalue weighted by molar-refractivity contribution is 7.99. The summed E-state index contributed by atoms with van der Waals surface area (Å²) < 4.78 is 7.16. The predicted octanol–water partition coefficient (Wildman–Crippen LogP) is 1.84. The van der Waals surface area contributed by atoms with Gasteiger partial charge in [-0.1, -0.05) is 11.8 Å². The maximum Gasteiger partial charge on any atom is 0.313 e. The van der Waals surface area contributed by atoms with E-state index in [4.69, 9.17) is 9.84 Å². The Morgan fingerprint density at radius 1 is 1.65 bits per heavy atom. The minimum atomic E-state index is -0.944. The lowest BCUT2D eigenvalue weighted by molar-refractivity contribution is -0.133. The van der Waals surface area contributed by atoms with Gasteiger partial charge in [-0.3, -0.25) is 14.2 Å². The first kappa shape index (κ1) is 15.0. The number of thiophene rings is 1. The highest BCUT2D eigenvalue weighted by atomic mass is 32.2. The second-order valence-electron chi connectivity index (χ2n) is 4.19. The van der Waals surface area contributed by atoms with Crippen LogP contribution in [-0.4, -0.2) is 40.1 Å². The van der Waals surface area contributed by atoms with E-state index < -0.39 is 5.97 Å². The molecule has 108 valence electrons. The summed E-state index contributed by atoms with van der Waals surface area (Å²) in [4.78, 5) is 27.6. The van der Waals surface area contributed by atoms with E-state index in [9.17, 15) is 9.59 Å². The van der Waals surface area contributed by atoms with Crippen molar-refractivity contribution in [1.82, 2.24) is 9.55 Å². The van der Waals surface area contributed by atoms with Crippen LogP contribution in [0, 0.1) is 0 Å². The molecule has 20 heavy (non-hydrogen) atoms. The number of carbonyl (C=O) groups is 1. The molecule has 0 saturated heterocycles. The molecule has 2 heterocycles. The largest absolute Gasteiger partial charge is 0.481 e. The molecule has 0 amide bonds. The monoisotopic (exact) mass is 314 g/mol. The first-order valence-electron chi connectivity index (χ1n) is 5.88. The minimum absolute atomic E-state index is 0.137. The number of hydrogen-bond donors (Lipinski definition) is 1. The van der Waals surface area contributed by atoms with Crippen molar-refractivity contribution in [2.24, 2.45) is 0 Å². The molecule has 0 aliphatic carbocycles. The number of aliphatic carboxylic acids is 1. The van der Waals surface area contributed by atoms with Gasteiger partial charge in [-0.05, 0) is 18.4 Å². The summed E-state index contributed by atoms with van der Waals surface area (Å²) in [7, 11) is 1.56. The maximum atomic E-state index is 12.5. The SMILES string of the molecule is COCC(C)n1c(SCC(=O)O)nc2ccsc2c1=O. The third-order valence-electron chi connectivity index (χ3n) is 2.65. The summed E-state index contributed by atoms with van der Waals surface area (Å²) in [6.45, 7) is 2.20. The molecule has 1 unspecified atom stereocenters. The summed E-state index contributed by atoms with van der Waals surface area (Å²) in [6, 6.07) is 1.56. The van der Waals surface area contributed by atoms with Gasteiger partial charge in [0.2, 0.25) is 0 Å². The Kier molecular flexibility index (Phi) is 4.79. The molecular formula is C12H14N2O4S2. The van der Waals surface area contributed by atoms with Crippen LogP contribution in [0.2, 0.25) is 0 Å². The predicted molar refractivity (Wildman–Crippen MR) is 78.8 cm³/mol. The van der Waals surface area contributed by atoms with Crippen molar-refractivity contribution in [2.45, 2.75) is 18.1 Å². The molecule has 0 saturated carbocycles. The number of carboxylic acids is 1. The van der Waals surface area contributed by atoms with Crippen molar-refractivity contribution in [3.8, 4) is 0 Å². The molecule has 1 atom stereocenters. The van der Waals surface area contributed by atoms with Crippen LogP contribution in [0.1, 0.15) is 13.0 Å². The number of rotatable bonds is 6. The fourth-order valence-corrected chi connectivity index (χ4v) is 3.42. The minimum Gasteiger partial charge on any atom is -0.481 e. The molecule has 6 nitrogen and oxygen atoms in total. The molecule has 2 aromatic rings. The standard InChI is InChI=1S/C12H14N2O4S2/c1-7(5-18-2)14-11(17)10-8(3-4-19-10)13-12(14)20-6-9(15)16/h3-4,7H,5-6H2,1-2H3,(H,15,16). The lowest BCUT2D eigenvalue weighted by Crippen LogP contribution is -2.28. The number of hydrogen-bond acceptors (Lipinski definition) is 6. The van der Waals surface area contributed by atoms with Crippen molar-refractivity contribution in [2.75, 3.05) is 19.5 Å². The van der Waals surface area contributed by atoms with Crippen molar-refractivity contribution < 1.29 is 14.6 Å². The van der Waals surface area contributed by atoms with Crippen molar-refractivity contribution in [3.05, 3.63) is 21.8 Å². The Morgan fingerprint density at radius 2 is 2.40 bits per heavy atom. The third kappa shape index (κ3) is 3.02. The van der Waals surface area contributed by atoms with Crippen LogP contribution in [0.25, 0.3) is 10.2 Å². The first-order valence-corrected chi connectivity index (χ1v) is 7.74. The lowest BCUT2D eigenvalue weighted by atomic mass is 10.3. The van der Waals surface area contributed by atoms with Gasteiger partial charge in [0.1, 0.15) is 4.70 Å². The van der Waals surface area contributed by atoms with Gasteiger partial charge in [0.15, 0.2) is 5.16 Å². The summed E-state index contributed by atoms with van der Waals surface area (Å²) in [6.07, 6.45) is 0. The summed E-state index contributed by atoms with van der Waals surface area (Å²) >= 11 is 2.38. The van der Waals surface area contributed by atoms with E-state index in [1.165, 1.54) is 15.9 Å². The van der Waals surface area contributed by atoms with E-state index in [1.807, 2.05) is 6.92 Å². The molecule has 0 bridgehead atoms. The normalized spacial score (nSPS) is 12.7. The average molecular weight is 314 g/mol. The van der Waals surface area contributed by atoms with Gasteiger partial charge in [0.25, 0.3) is 5.56 Å². The molecule has 0 radical (unpaired) electrons. The van der Waals surface area contributed by atoms with Gasteiger partial charge >= 0.3 is 5.97 Å². The highest BCUT2D eigenvalue weighted by Gasteiger charge is 2.18. The van der Waals surface area contributed by atoms with E-state index >= 15 is 0 Å². The van der Waals surface area contributed by atoms with Gasteiger partial charge < -0.3 is 9.84 Å². The smallest absolute Gasteiger partial charge is 0.313 e. The molecule has 1 N–H and O–H groups in total. The van der Waals surface area contributed by atoms with E-state index in [0.29, 0.717) is 22.0 Å². The quantitative estimate of drug-likeness (QED) is 0.647. The zero-order valence-corrected chi connectivity index (χ0v) is 12.7. The molecule has 0 aliphatic heterocycles. The van der Waals surface area contributed by atoms with Crippen LogP contribution in [0.15, 0.2) is 21.4 Å². The van der Waals surface area contributed by atoms with Gasteiger partial charge in [0.05, 0.1) is 23.9 Å². The first-order chi connectivity index (χ1) is 9.54. The second kappa shape index (κ2) is 6.38. The molecule has 2 aromatic heterocycles. The molecule has 2 rings (SSSR count). The molecule has 0 aliphatic rings. The van der Waals surface area contributed by atoms with E-state index in [0.717, 1.165) is 11.8 Å². The highest BCUT2D eigenvalue weighted by Crippen LogP contribution is 2.23. The van der Waals surface area contributed by atoms with E-state index in [-0.39, 0.29) is 17.4 Å². The number of thioether (sulfide) groups is 1. The van der Waals surface area contributed by atoms with Crippen molar-refractivity contribution in [3.63, 3.8) is 0 Å². The summed E-state index contributed by atoms with van der Waals surface area (Å²) in [5.41, 5.74) is 0.455. The Hall–Kier alpha value is -1.38. The zero-order valence-electron chi connectivity index (χ0n) is 11.0. The number of aromatic nitrogens is 2. The van der Waals surface area contributed by atoms with Crippen LogP contribution >= 0.6 is 23.1 Å². The molecule has 0 aromatic carbocycles. The maximum absolute atomic E-state index is 12.5. The van der Waals surface area contributed by atoms with E-state index in [1.54, 1.807) is 18.6 Å². The van der Waals surface area contributed by atoms with Crippen LogP contribution in [0.5, 0.6) is 0 Å². The summed E-state index contributed by atoms with van der Waals surface area (Å²) in [5.74, 6) is -1.08. The molecule has 0 spiro atoms. The zero-order chi connectivity index (χ0) is 14.7. The Labute approximate surface area is 123 Å². The lowest BCUT2D eigenvalue weighted by Gasteiger charge is -2.17. The Balaban J connectivity index is 2.53. The topological polar surface area (TPSA) is 81.4 Å². The van der Waals surface area contributed by atoms with Crippen LogP contribution in [0.3, 0.4) is 0 Å². The Bertz CT molecular complexity index is 680. The van der Waals surface area contributed by atoms with Crippen LogP contribution in [0.4, 0.5) is 0 Å². The van der Waals surface area contributed by atoms with Crippen molar-refractivity contribution in [1.29, 1.82) is 0 Å². The number of carboxylic acid groups (broad SMARTS) is 1. The number of fused-ring (bicyclic) bond motifs is 1. The number of nitrogens with zero attached hydrogens (tertiary/aromatic N) is 2. The third-order valence-corrected chi connectivity index (χ3v) is 4.48. The fraction of sp³-hybridized carbons (Fsp3) is 0.417. The second-order valence-corrected chi connectivity index (χ2v) is 6.05. The van der Waals surface area contributed by atoms with Gasteiger partial charge in [0, 0.05) is 7.11 Å². The van der Waals surface area contributed by atoms with Gasteiger partial charge in [-0.2, -0.15) is 0 Å². The molecule has 8 heteroatoms. The van der Waals surface area contributed by atoms with Crippen molar-refractivity contribution >= 4 is 39.3 Å². The van der Waals surface area contributed by atoms with Crippen LogP contribution in [-0.2, 0) is 9.53 Å². The van der Waals surface area contributed by atoms with E-state index in [2.05, 4.69) is 4.98 Å². The van der Waals surface area contributed by atoms with Crippen LogP contribution < -0.4 is 5.56 Å². The summed E-state index contributed by atoms with van der Waals surface area (Å²) in [5, 5.41) is 11.0. The molecular weight excluding hydrogens is 300 g/mol. The molecule has 0 fully saturated rings. The Morgan fingerprint density at radius 3 is 3.05 bits per heavy atom. The average Bonchev–Trinajstić information content (AvgIpc) is 2.85. The number of methoxy groups -OCH3 is 1. The van der Waals surface area contributed by atoms with Gasteiger partial charge in [-0.25, -0.2) is 4.98 Å². The number of ether oxygens (including phenoxy) is 1. The fourth-order valence-electron chi connectivity index (χ4n) is 1.84. The van der Waals surface area contributed by atoms with Gasteiger partial charge in [-0.15, -0.1) is 11.3 Å².